The van der Waals surface area contributed by atoms with E-state index < -0.39 is 66.2 Å². The van der Waals surface area contributed by atoms with Crippen molar-refractivity contribution >= 4 is 41.5 Å². The van der Waals surface area contributed by atoms with Gasteiger partial charge in [-0.1, -0.05) is 74.5 Å². The number of nitrogens with two attached hydrogens (primary N) is 1. The fourth-order valence-electron chi connectivity index (χ4n) is 5.45. The van der Waals surface area contributed by atoms with Gasteiger partial charge in [-0.05, 0) is 29.9 Å². The smallest absolute Gasteiger partial charge is 0.336 e. The van der Waals surface area contributed by atoms with Crippen LogP contribution < -0.4 is 27.0 Å². The van der Waals surface area contributed by atoms with E-state index in [1.54, 1.807) is 60.7 Å². The normalized spacial score (nSPS) is 15.0. The lowest BCUT2D eigenvalue weighted by molar-refractivity contribution is -0.144. The largest absolute Gasteiger partial charge is 0.481 e. The molecule has 1 saturated heterocycles. The van der Waals surface area contributed by atoms with Crippen LogP contribution in [0.1, 0.15) is 51.2 Å². The average Bonchev–Trinajstić information content (AvgIpc) is 3.54. The number of aliphatic carboxylic acids is 1. The Morgan fingerprint density at radius 1 is 0.714 bits per heavy atom. The predicted octanol–water partition coefficient (Wildman–Crippen LogP) is 0.480. The number of carboxylic acid groups (broad SMARTS) is 1. The molecule has 15 nitrogen and oxygen atoms in total. The summed E-state index contributed by atoms with van der Waals surface area (Å²) in [6, 6.07) is 11.9. The van der Waals surface area contributed by atoms with Crippen molar-refractivity contribution in [3.63, 3.8) is 0 Å². The maximum Gasteiger partial charge on any atom is 0.336 e. The van der Waals surface area contributed by atoms with Crippen molar-refractivity contribution < 1.29 is 38.7 Å². The Kier molecular flexibility index (Phi) is 14.1. The highest BCUT2D eigenvalue weighted by Gasteiger charge is 2.37. The maximum absolute atomic E-state index is 13.9. The van der Waals surface area contributed by atoms with Gasteiger partial charge in [0.2, 0.25) is 23.6 Å². The minimum absolute atomic E-state index is 0.0185. The number of carbonyl (C=O) groups excluding carboxylic acids is 6. The molecule has 2 aromatic rings. The van der Waals surface area contributed by atoms with Gasteiger partial charge in [0, 0.05) is 32.9 Å². The first-order valence-corrected chi connectivity index (χ1v) is 16.1. The molecule has 1 heterocycles. The fraction of sp³-hybridized carbons (Fsp3) is 0.441. The van der Waals surface area contributed by atoms with E-state index in [1.165, 1.54) is 16.9 Å². The summed E-state index contributed by atoms with van der Waals surface area (Å²) in [6.45, 7) is 5.55. The summed E-state index contributed by atoms with van der Waals surface area (Å²) in [5.74, 6) is -4.77. The Morgan fingerprint density at radius 3 is 1.67 bits per heavy atom. The molecule has 1 fully saturated rings. The molecule has 0 spiro atoms. The van der Waals surface area contributed by atoms with Gasteiger partial charge >= 0.3 is 12.0 Å². The van der Waals surface area contributed by atoms with Crippen LogP contribution in [0.3, 0.4) is 0 Å². The Labute approximate surface area is 284 Å². The second-order valence-electron chi connectivity index (χ2n) is 12.3. The van der Waals surface area contributed by atoms with Gasteiger partial charge in [-0.25, -0.2) is 14.8 Å². The first-order chi connectivity index (χ1) is 23.2. The SMILES string of the molecule is CC(=O)N[C@@H](CC(C)C)C(=O)N1CCCN1C(=O)N[C@@H](Cc1ccccc1)C(=O)N[C@@H](Cc1ccccc1)C(=O)N[C@@H](CC(=O)O)C(N)=O. The molecule has 15 heteroatoms. The molecule has 0 bridgehead atoms. The molecule has 1 aliphatic heterocycles. The van der Waals surface area contributed by atoms with E-state index in [0.717, 1.165) is 0 Å². The van der Waals surface area contributed by atoms with Gasteiger partial charge in [0.15, 0.2) is 0 Å². The van der Waals surface area contributed by atoms with Crippen molar-refractivity contribution in [1.82, 2.24) is 31.3 Å². The van der Waals surface area contributed by atoms with Crippen molar-refractivity contribution in [2.24, 2.45) is 11.7 Å². The zero-order valence-electron chi connectivity index (χ0n) is 27.9. The number of rotatable bonds is 16. The van der Waals surface area contributed by atoms with Gasteiger partial charge in [0.1, 0.15) is 24.2 Å². The third-order valence-electron chi connectivity index (χ3n) is 7.75. The lowest BCUT2D eigenvalue weighted by atomic mass is 10.0. The number of hydrogen-bond donors (Lipinski definition) is 6. The summed E-state index contributed by atoms with van der Waals surface area (Å²) in [4.78, 5) is 89.7. The zero-order valence-corrected chi connectivity index (χ0v) is 27.9. The molecular weight excluding hydrogens is 634 g/mol. The average molecular weight is 680 g/mol. The molecule has 0 saturated carbocycles. The van der Waals surface area contributed by atoms with E-state index in [4.69, 9.17) is 5.73 Å². The third-order valence-corrected chi connectivity index (χ3v) is 7.75. The topological polar surface area (TPSA) is 220 Å². The van der Waals surface area contributed by atoms with Crippen LogP contribution in [-0.2, 0) is 41.6 Å². The molecule has 3 rings (SSSR count). The molecule has 2 aromatic carbocycles. The van der Waals surface area contributed by atoms with E-state index in [9.17, 15) is 38.7 Å². The quantitative estimate of drug-likeness (QED) is 0.146. The number of nitrogens with one attached hydrogen (secondary N) is 4. The molecule has 1 aliphatic rings. The number of hydrogen-bond acceptors (Lipinski definition) is 7. The molecule has 0 radical (unpaired) electrons. The molecule has 264 valence electrons. The van der Waals surface area contributed by atoms with Crippen molar-refractivity contribution in [1.29, 1.82) is 0 Å². The highest BCUT2D eigenvalue weighted by molar-refractivity contribution is 5.95. The minimum atomic E-state index is -1.53. The molecular formula is C34H45N7O8. The highest BCUT2D eigenvalue weighted by Crippen LogP contribution is 2.17. The lowest BCUT2D eigenvalue weighted by Crippen LogP contribution is -2.60. The van der Waals surface area contributed by atoms with Gasteiger partial charge < -0.3 is 32.1 Å². The number of amides is 7. The first kappa shape index (κ1) is 38.0. The van der Waals surface area contributed by atoms with Crippen LogP contribution in [0.25, 0.3) is 0 Å². The van der Waals surface area contributed by atoms with Crippen LogP contribution in [0.15, 0.2) is 60.7 Å². The summed E-state index contributed by atoms with van der Waals surface area (Å²) in [5, 5.41) is 22.0. The highest BCUT2D eigenvalue weighted by atomic mass is 16.4. The fourth-order valence-corrected chi connectivity index (χ4v) is 5.45. The van der Waals surface area contributed by atoms with Gasteiger partial charge in [0.25, 0.3) is 5.91 Å². The lowest BCUT2D eigenvalue weighted by Gasteiger charge is -2.33. The molecule has 4 atom stereocenters. The van der Waals surface area contributed by atoms with Crippen LogP contribution in [0.4, 0.5) is 4.79 Å². The predicted molar refractivity (Wildman–Crippen MR) is 178 cm³/mol. The van der Waals surface area contributed by atoms with Gasteiger partial charge in [-0.2, -0.15) is 0 Å². The van der Waals surface area contributed by atoms with Crippen LogP contribution in [-0.4, -0.2) is 93.9 Å². The number of primary amides is 1. The Balaban J connectivity index is 1.87. The van der Waals surface area contributed by atoms with Crippen molar-refractivity contribution in [3.8, 4) is 0 Å². The molecule has 7 amide bonds. The Morgan fingerprint density at radius 2 is 1.20 bits per heavy atom. The van der Waals surface area contributed by atoms with Crippen LogP contribution in [0, 0.1) is 5.92 Å². The second kappa shape index (κ2) is 18.2. The monoisotopic (exact) mass is 679 g/mol. The number of carboxylic acids is 1. The number of hydrazine groups is 1. The summed E-state index contributed by atoms with van der Waals surface area (Å²) in [5.41, 5.74) is 6.68. The summed E-state index contributed by atoms with van der Waals surface area (Å²) in [7, 11) is 0. The van der Waals surface area contributed by atoms with E-state index in [1.807, 2.05) is 13.8 Å². The summed E-state index contributed by atoms with van der Waals surface area (Å²) in [6.07, 6.45) is 0.0600. The molecule has 0 aromatic heterocycles. The number of nitrogens with zero attached hydrogens (tertiary/aromatic N) is 2. The zero-order chi connectivity index (χ0) is 36.1. The maximum atomic E-state index is 13.9. The van der Waals surface area contributed by atoms with Crippen LogP contribution >= 0.6 is 0 Å². The van der Waals surface area contributed by atoms with E-state index in [-0.39, 0.29) is 37.8 Å². The van der Waals surface area contributed by atoms with Gasteiger partial charge in [0.05, 0.1) is 6.42 Å². The van der Waals surface area contributed by atoms with Crippen molar-refractivity contribution in [3.05, 3.63) is 71.8 Å². The standard InChI is InChI=1S/C34H45N7O8/c1-21(2)17-28(36-22(3)42)33(48)40-15-10-16-41(40)34(49)39-27(19-24-13-8-5-9-14-24)32(47)38-26(18-23-11-6-4-7-12-23)31(46)37-25(30(35)45)20-29(43)44/h4-9,11-14,21,25-28H,10,15-20H2,1-3H3,(H2,35,45)(H,36,42)(H,37,46)(H,38,47)(H,39,49)(H,43,44)/t25-,26-,27-,28-/m0/s1. The summed E-state index contributed by atoms with van der Waals surface area (Å²) < 4.78 is 0. The Hall–Kier alpha value is -5.47. The van der Waals surface area contributed by atoms with Crippen LogP contribution in [0.5, 0.6) is 0 Å². The van der Waals surface area contributed by atoms with Crippen molar-refractivity contribution in [2.45, 2.75) is 77.0 Å². The van der Waals surface area contributed by atoms with Gasteiger partial charge in [-0.3, -0.25) is 28.8 Å². The molecule has 7 N–H and O–H groups in total. The minimum Gasteiger partial charge on any atom is -0.481 e. The number of benzene rings is 2. The number of urea groups is 1. The van der Waals surface area contributed by atoms with E-state index in [0.29, 0.717) is 24.0 Å². The van der Waals surface area contributed by atoms with Crippen LogP contribution in [0.2, 0.25) is 0 Å². The van der Waals surface area contributed by atoms with E-state index >= 15 is 0 Å². The number of carbonyl (C=O) groups is 7. The van der Waals surface area contributed by atoms with Crippen molar-refractivity contribution in [2.75, 3.05) is 13.1 Å². The molecule has 0 unspecified atom stereocenters. The summed E-state index contributed by atoms with van der Waals surface area (Å²) >= 11 is 0. The van der Waals surface area contributed by atoms with E-state index in [2.05, 4.69) is 21.3 Å². The second-order valence-corrected chi connectivity index (χ2v) is 12.3. The molecule has 0 aliphatic carbocycles. The first-order valence-electron chi connectivity index (χ1n) is 16.1. The third kappa shape index (κ3) is 11.9. The van der Waals surface area contributed by atoms with Gasteiger partial charge in [-0.15, -0.1) is 0 Å². The Bertz CT molecular complexity index is 1490. The molecule has 49 heavy (non-hydrogen) atoms.